The number of carbonyl (C=O) groups excluding carboxylic acids is 2. The lowest BCUT2D eigenvalue weighted by Gasteiger charge is -2.31. The maximum Gasteiger partial charge on any atom is 0.279 e. The minimum absolute atomic E-state index is 0.0491. The largest absolute Gasteiger partial charge is 0.331 e. The Bertz CT molecular complexity index is 533. The first-order valence-corrected chi connectivity index (χ1v) is 9.02. The van der Waals surface area contributed by atoms with E-state index in [9.17, 15) is 9.59 Å². The highest BCUT2D eigenvalue weighted by atomic mass is 35.5. The molecular weight excluding hydrogens is 322 g/mol. The van der Waals surface area contributed by atoms with E-state index in [0.29, 0.717) is 36.1 Å². The van der Waals surface area contributed by atoms with E-state index in [1.807, 2.05) is 23.3 Å². The summed E-state index contributed by atoms with van der Waals surface area (Å²) < 4.78 is 0. The quantitative estimate of drug-likeness (QED) is 0.813. The van der Waals surface area contributed by atoms with Crippen LogP contribution in [0.4, 0.5) is 5.69 Å². The second-order valence-electron chi connectivity index (χ2n) is 5.27. The highest BCUT2D eigenvalue weighted by molar-refractivity contribution is 7.99. The zero-order chi connectivity index (χ0) is 15.9. The summed E-state index contributed by atoms with van der Waals surface area (Å²) in [5.74, 6) is 0.668. The Morgan fingerprint density at radius 2 is 2.00 bits per heavy atom. The Morgan fingerprint density at radius 3 is 2.64 bits per heavy atom. The molecule has 0 bridgehead atoms. The number of hydrogen-bond donors (Lipinski definition) is 2. The molecule has 1 aliphatic rings. The third-order valence-corrected chi connectivity index (χ3v) is 4.51. The van der Waals surface area contributed by atoms with Gasteiger partial charge < -0.3 is 15.1 Å². The highest BCUT2D eigenvalue weighted by Gasteiger charge is 2.24. The first-order chi connectivity index (χ1) is 10.6. The number of hydrogen-bond acceptors (Lipinski definition) is 3. The van der Waals surface area contributed by atoms with Crippen LogP contribution in [-0.4, -0.2) is 61.4 Å². The molecule has 0 saturated carbocycles. The van der Waals surface area contributed by atoms with Crippen LogP contribution in [0.15, 0.2) is 24.3 Å². The molecule has 1 fully saturated rings. The lowest BCUT2D eigenvalue weighted by Crippen LogP contribution is -3.15. The predicted molar refractivity (Wildman–Crippen MR) is 90.6 cm³/mol. The lowest BCUT2D eigenvalue weighted by atomic mass is 10.3. The number of nitrogens with zero attached hydrogens (tertiary/aromatic N) is 1. The standard InChI is InChI=1S/C15H20ClN3O2S/c1-22-11-15(21)19-8-6-18(7-9-19)10-14(20)17-13-5-3-2-4-12(13)16/h2-5H,6-11H2,1H3,(H,17,20)/p+1. The van der Waals surface area contributed by atoms with Crippen molar-refractivity contribution >= 4 is 40.9 Å². The molecule has 5 nitrogen and oxygen atoms in total. The van der Waals surface area contributed by atoms with Gasteiger partial charge >= 0.3 is 0 Å². The van der Waals surface area contributed by atoms with Gasteiger partial charge in [0.2, 0.25) is 5.91 Å². The molecular formula is C15H21ClN3O2S+. The van der Waals surface area contributed by atoms with Crippen LogP contribution in [0, 0.1) is 0 Å². The highest BCUT2D eigenvalue weighted by Crippen LogP contribution is 2.19. The van der Waals surface area contributed by atoms with E-state index in [0.717, 1.165) is 13.1 Å². The van der Waals surface area contributed by atoms with Crippen molar-refractivity contribution in [3.05, 3.63) is 29.3 Å². The monoisotopic (exact) mass is 342 g/mol. The third kappa shape index (κ3) is 4.90. The Labute approximate surface area is 140 Å². The van der Waals surface area contributed by atoms with Crippen molar-refractivity contribution in [2.75, 3.05) is 50.0 Å². The molecule has 1 aromatic carbocycles. The Hall–Kier alpha value is -1.24. The van der Waals surface area contributed by atoms with Crippen LogP contribution in [0.25, 0.3) is 0 Å². The average molecular weight is 343 g/mol. The number of nitrogens with one attached hydrogen (secondary N) is 2. The van der Waals surface area contributed by atoms with Gasteiger partial charge in [-0.15, -0.1) is 0 Å². The van der Waals surface area contributed by atoms with E-state index >= 15 is 0 Å². The van der Waals surface area contributed by atoms with E-state index in [-0.39, 0.29) is 11.8 Å². The van der Waals surface area contributed by atoms with E-state index < -0.39 is 0 Å². The number of benzene rings is 1. The number of amides is 2. The maximum absolute atomic E-state index is 12.1. The molecule has 7 heteroatoms. The number of anilines is 1. The molecule has 1 aliphatic heterocycles. The van der Waals surface area contributed by atoms with Crippen molar-refractivity contribution in [3.63, 3.8) is 0 Å². The second-order valence-corrected chi connectivity index (χ2v) is 6.54. The summed E-state index contributed by atoms with van der Waals surface area (Å²) in [5.41, 5.74) is 0.641. The molecule has 0 spiro atoms. The van der Waals surface area contributed by atoms with Gasteiger partial charge in [0.1, 0.15) is 0 Å². The van der Waals surface area contributed by atoms with Gasteiger partial charge in [0.05, 0.1) is 42.6 Å². The number of carbonyl (C=O) groups is 2. The molecule has 0 radical (unpaired) electrons. The fraction of sp³-hybridized carbons (Fsp3) is 0.467. The number of halogens is 1. The zero-order valence-electron chi connectivity index (χ0n) is 12.6. The molecule has 0 unspecified atom stereocenters. The molecule has 2 N–H and O–H groups in total. The van der Waals surface area contributed by atoms with E-state index in [1.165, 1.54) is 4.90 Å². The summed E-state index contributed by atoms with van der Waals surface area (Å²) in [7, 11) is 0. The Balaban J connectivity index is 1.77. The van der Waals surface area contributed by atoms with Crippen molar-refractivity contribution < 1.29 is 14.5 Å². The number of quaternary nitrogens is 1. The summed E-state index contributed by atoms with van der Waals surface area (Å²) in [4.78, 5) is 27.0. The van der Waals surface area contributed by atoms with Crippen molar-refractivity contribution in [1.82, 2.24) is 4.90 Å². The number of rotatable bonds is 5. The molecule has 22 heavy (non-hydrogen) atoms. The van der Waals surface area contributed by atoms with E-state index in [2.05, 4.69) is 5.32 Å². The van der Waals surface area contributed by atoms with Crippen LogP contribution in [0.5, 0.6) is 0 Å². The minimum atomic E-state index is -0.0491. The van der Waals surface area contributed by atoms with Gasteiger partial charge in [0.15, 0.2) is 6.54 Å². The minimum Gasteiger partial charge on any atom is -0.331 e. The zero-order valence-corrected chi connectivity index (χ0v) is 14.2. The van der Waals surface area contributed by atoms with Crippen LogP contribution in [0.1, 0.15) is 0 Å². The van der Waals surface area contributed by atoms with Crippen LogP contribution < -0.4 is 10.2 Å². The molecule has 2 rings (SSSR count). The molecule has 0 aliphatic carbocycles. The molecule has 2 amide bonds. The van der Waals surface area contributed by atoms with Crippen LogP contribution in [0.3, 0.4) is 0 Å². The van der Waals surface area contributed by atoms with Gasteiger partial charge in [-0.25, -0.2) is 0 Å². The average Bonchev–Trinajstić information content (AvgIpc) is 2.50. The van der Waals surface area contributed by atoms with Gasteiger partial charge in [-0.05, 0) is 18.4 Å². The summed E-state index contributed by atoms with van der Waals surface area (Å²) >= 11 is 7.57. The first-order valence-electron chi connectivity index (χ1n) is 7.25. The van der Waals surface area contributed by atoms with Crippen molar-refractivity contribution in [3.8, 4) is 0 Å². The molecule has 1 heterocycles. The fourth-order valence-corrected chi connectivity index (χ4v) is 3.06. The van der Waals surface area contributed by atoms with Crippen molar-refractivity contribution in [2.24, 2.45) is 0 Å². The molecule has 1 saturated heterocycles. The Morgan fingerprint density at radius 1 is 1.32 bits per heavy atom. The topological polar surface area (TPSA) is 53.9 Å². The third-order valence-electron chi connectivity index (χ3n) is 3.65. The summed E-state index contributed by atoms with van der Waals surface area (Å²) in [6, 6.07) is 7.20. The molecule has 1 aromatic rings. The molecule has 0 aromatic heterocycles. The Kier molecular flexibility index (Phi) is 6.54. The van der Waals surface area contributed by atoms with Gasteiger partial charge in [0.25, 0.3) is 5.91 Å². The van der Waals surface area contributed by atoms with E-state index in [4.69, 9.17) is 11.6 Å². The lowest BCUT2D eigenvalue weighted by molar-refractivity contribution is -0.895. The summed E-state index contributed by atoms with van der Waals surface area (Å²) in [6.07, 6.45) is 1.93. The van der Waals surface area contributed by atoms with Crippen molar-refractivity contribution in [1.29, 1.82) is 0 Å². The van der Waals surface area contributed by atoms with Gasteiger partial charge in [-0.3, -0.25) is 9.59 Å². The summed E-state index contributed by atoms with van der Waals surface area (Å²) in [5, 5.41) is 3.38. The predicted octanol–water partition coefficient (Wildman–Crippen LogP) is 0.369. The maximum atomic E-state index is 12.1. The van der Waals surface area contributed by atoms with Gasteiger partial charge in [-0.2, -0.15) is 11.8 Å². The SMILES string of the molecule is CSCC(=O)N1CC[NH+](CC(=O)Nc2ccccc2Cl)CC1. The number of piperazine rings is 1. The van der Waals surface area contributed by atoms with Crippen LogP contribution in [0.2, 0.25) is 5.02 Å². The number of para-hydroxylation sites is 1. The van der Waals surface area contributed by atoms with E-state index in [1.54, 1.807) is 23.9 Å². The van der Waals surface area contributed by atoms with Crippen LogP contribution in [-0.2, 0) is 9.59 Å². The van der Waals surface area contributed by atoms with Crippen molar-refractivity contribution in [2.45, 2.75) is 0 Å². The first kappa shape index (κ1) is 17.1. The van der Waals surface area contributed by atoms with Gasteiger partial charge in [0, 0.05) is 0 Å². The summed E-state index contributed by atoms with van der Waals surface area (Å²) in [6.45, 7) is 3.43. The van der Waals surface area contributed by atoms with Crippen LogP contribution >= 0.6 is 23.4 Å². The second kappa shape index (κ2) is 8.41. The molecule has 0 atom stereocenters. The number of thioether (sulfide) groups is 1. The fourth-order valence-electron chi connectivity index (χ4n) is 2.45. The van der Waals surface area contributed by atoms with Gasteiger partial charge in [-0.1, -0.05) is 23.7 Å². The molecule has 120 valence electrons. The normalized spacial score (nSPS) is 15.6. The smallest absolute Gasteiger partial charge is 0.279 e.